The molecule has 7 nitrogen and oxygen atoms in total. The second-order valence-corrected chi connectivity index (χ2v) is 8.24. The van der Waals surface area contributed by atoms with Crippen molar-refractivity contribution >= 4 is 18.0 Å². The predicted molar refractivity (Wildman–Crippen MR) is 122 cm³/mol. The summed E-state index contributed by atoms with van der Waals surface area (Å²) in [7, 11) is 3.34. The normalized spacial score (nSPS) is 11.3. The largest absolute Gasteiger partial charge is 0.490 e. The standard InChI is InChI=1S/C24H31N3O4/c1-7-30-21-14-17(8-13-20(21)31-16-22(28)27(5)6)15-25-26-23(29)18-9-11-19(12-10-18)24(2,3)4/h8-15H,7,16H2,1-6H3,(H,26,29)/b25-15-. The van der Waals surface area contributed by atoms with E-state index in [9.17, 15) is 9.59 Å². The highest BCUT2D eigenvalue weighted by atomic mass is 16.5. The Labute approximate surface area is 184 Å². The zero-order valence-electron chi connectivity index (χ0n) is 19.1. The van der Waals surface area contributed by atoms with Crippen molar-refractivity contribution in [3.63, 3.8) is 0 Å². The number of amides is 2. The lowest BCUT2D eigenvalue weighted by Crippen LogP contribution is -2.27. The molecule has 0 saturated heterocycles. The maximum Gasteiger partial charge on any atom is 0.271 e. The molecular weight excluding hydrogens is 394 g/mol. The maximum absolute atomic E-state index is 12.3. The van der Waals surface area contributed by atoms with E-state index in [0.29, 0.717) is 23.7 Å². The number of carbonyl (C=O) groups excluding carboxylic acids is 2. The Hall–Kier alpha value is -3.35. The molecular formula is C24H31N3O4. The first-order valence-electron chi connectivity index (χ1n) is 10.2. The van der Waals surface area contributed by atoms with Crippen LogP contribution in [0.15, 0.2) is 47.6 Å². The monoisotopic (exact) mass is 425 g/mol. The molecule has 1 N–H and O–H groups in total. The molecule has 31 heavy (non-hydrogen) atoms. The third-order valence-electron chi connectivity index (χ3n) is 4.51. The molecule has 0 spiro atoms. The lowest BCUT2D eigenvalue weighted by atomic mass is 9.87. The van der Waals surface area contributed by atoms with Gasteiger partial charge in [0.05, 0.1) is 12.8 Å². The summed E-state index contributed by atoms with van der Waals surface area (Å²) >= 11 is 0. The molecule has 0 atom stereocenters. The topological polar surface area (TPSA) is 80.2 Å². The smallest absolute Gasteiger partial charge is 0.271 e. The van der Waals surface area contributed by atoms with Crippen LogP contribution in [0.4, 0.5) is 0 Å². The molecule has 2 aromatic rings. The number of nitrogens with one attached hydrogen (secondary N) is 1. The summed E-state index contributed by atoms with van der Waals surface area (Å²) in [6.07, 6.45) is 1.53. The summed E-state index contributed by atoms with van der Waals surface area (Å²) in [4.78, 5) is 25.5. The minimum atomic E-state index is -0.288. The van der Waals surface area contributed by atoms with E-state index in [1.54, 1.807) is 44.4 Å². The Morgan fingerprint density at radius 1 is 1.03 bits per heavy atom. The minimum Gasteiger partial charge on any atom is -0.490 e. The van der Waals surface area contributed by atoms with Gasteiger partial charge in [-0.2, -0.15) is 5.10 Å². The third-order valence-corrected chi connectivity index (χ3v) is 4.51. The van der Waals surface area contributed by atoms with Gasteiger partial charge in [0, 0.05) is 19.7 Å². The molecule has 0 aliphatic rings. The van der Waals surface area contributed by atoms with Gasteiger partial charge in [0.25, 0.3) is 11.8 Å². The third kappa shape index (κ3) is 7.13. The quantitative estimate of drug-likeness (QED) is 0.518. The van der Waals surface area contributed by atoms with Gasteiger partial charge in [-0.3, -0.25) is 9.59 Å². The number of benzene rings is 2. The summed E-state index contributed by atoms with van der Waals surface area (Å²) in [5.74, 6) is 0.537. The molecule has 0 fully saturated rings. The van der Waals surface area contributed by atoms with Gasteiger partial charge in [-0.25, -0.2) is 5.43 Å². The molecule has 0 unspecified atom stereocenters. The van der Waals surface area contributed by atoms with Crippen LogP contribution >= 0.6 is 0 Å². The zero-order chi connectivity index (χ0) is 23.0. The van der Waals surface area contributed by atoms with Gasteiger partial charge in [0.1, 0.15) is 0 Å². The average Bonchev–Trinajstić information content (AvgIpc) is 2.72. The summed E-state index contributed by atoms with van der Waals surface area (Å²) in [5, 5.41) is 4.04. The van der Waals surface area contributed by atoms with Crippen LogP contribution < -0.4 is 14.9 Å². The number of hydrogen-bond acceptors (Lipinski definition) is 5. The number of hydrazone groups is 1. The summed E-state index contributed by atoms with van der Waals surface area (Å²) in [6.45, 7) is 8.60. The highest BCUT2D eigenvalue weighted by Crippen LogP contribution is 2.28. The van der Waals surface area contributed by atoms with E-state index in [1.807, 2.05) is 19.1 Å². The Morgan fingerprint density at radius 2 is 1.71 bits per heavy atom. The number of nitrogens with zero attached hydrogens (tertiary/aromatic N) is 2. The van der Waals surface area contributed by atoms with Crippen LogP contribution in [0, 0.1) is 0 Å². The van der Waals surface area contributed by atoms with Crippen LogP contribution in [0.25, 0.3) is 0 Å². The Morgan fingerprint density at radius 3 is 2.29 bits per heavy atom. The Kier molecular flexibility index (Phi) is 8.19. The van der Waals surface area contributed by atoms with Gasteiger partial charge in [0.2, 0.25) is 0 Å². The highest BCUT2D eigenvalue weighted by Gasteiger charge is 2.14. The zero-order valence-corrected chi connectivity index (χ0v) is 19.1. The summed E-state index contributed by atoms with van der Waals surface area (Å²) in [5.41, 5.74) is 4.98. The first-order chi connectivity index (χ1) is 14.6. The van der Waals surface area contributed by atoms with Crippen LogP contribution in [-0.2, 0) is 10.2 Å². The van der Waals surface area contributed by atoms with Crippen molar-refractivity contribution in [2.75, 3.05) is 27.3 Å². The fraction of sp³-hybridized carbons (Fsp3) is 0.375. The van der Waals surface area contributed by atoms with E-state index >= 15 is 0 Å². The van der Waals surface area contributed by atoms with Crippen molar-refractivity contribution in [1.82, 2.24) is 10.3 Å². The van der Waals surface area contributed by atoms with Crippen molar-refractivity contribution in [2.24, 2.45) is 5.10 Å². The van der Waals surface area contributed by atoms with Crippen molar-refractivity contribution in [1.29, 1.82) is 0 Å². The van der Waals surface area contributed by atoms with Gasteiger partial charge in [0.15, 0.2) is 18.1 Å². The van der Waals surface area contributed by atoms with Crippen LogP contribution in [0.3, 0.4) is 0 Å². The van der Waals surface area contributed by atoms with Crippen molar-refractivity contribution in [3.05, 3.63) is 59.2 Å². The average molecular weight is 426 g/mol. The SMILES string of the molecule is CCOc1cc(/C=N\NC(=O)c2ccc(C(C)(C)C)cc2)ccc1OCC(=O)N(C)C. The highest BCUT2D eigenvalue weighted by molar-refractivity contribution is 5.95. The van der Waals surface area contributed by atoms with Crippen LogP contribution in [-0.4, -0.2) is 50.2 Å². The molecule has 0 radical (unpaired) electrons. The molecule has 2 aromatic carbocycles. The van der Waals surface area contributed by atoms with E-state index in [1.165, 1.54) is 11.1 Å². The lowest BCUT2D eigenvalue weighted by Gasteiger charge is -2.18. The van der Waals surface area contributed by atoms with Crippen LogP contribution in [0.5, 0.6) is 11.5 Å². The van der Waals surface area contributed by atoms with Crippen molar-refractivity contribution in [3.8, 4) is 11.5 Å². The second-order valence-electron chi connectivity index (χ2n) is 8.24. The van der Waals surface area contributed by atoms with Crippen LogP contribution in [0.1, 0.15) is 49.2 Å². The number of likely N-dealkylation sites (N-methyl/N-ethyl adjacent to an activating group) is 1. The molecule has 0 aliphatic carbocycles. The molecule has 0 aliphatic heterocycles. The van der Waals surface area contributed by atoms with E-state index in [2.05, 4.69) is 31.3 Å². The fourth-order valence-electron chi connectivity index (χ4n) is 2.61. The molecule has 166 valence electrons. The summed E-state index contributed by atoms with van der Waals surface area (Å²) in [6, 6.07) is 12.7. The van der Waals surface area contributed by atoms with E-state index in [0.717, 1.165) is 11.1 Å². The molecule has 7 heteroatoms. The molecule has 2 rings (SSSR count). The number of carbonyl (C=O) groups is 2. The Balaban J connectivity index is 2.03. The van der Waals surface area contributed by atoms with Gasteiger partial charge in [-0.1, -0.05) is 32.9 Å². The summed E-state index contributed by atoms with van der Waals surface area (Å²) < 4.78 is 11.2. The number of hydrogen-bond donors (Lipinski definition) is 1. The van der Waals surface area contributed by atoms with Gasteiger partial charge < -0.3 is 14.4 Å². The number of rotatable bonds is 8. The van der Waals surface area contributed by atoms with Crippen molar-refractivity contribution in [2.45, 2.75) is 33.1 Å². The predicted octanol–water partition coefficient (Wildman–Crippen LogP) is 3.61. The molecule has 2 amide bonds. The molecule has 0 heterocycles. The van der Waals surface area contributed by atoms with E-state index in [-0.39, 0.29) is 23.8 Å². The Bertz CT molecular complexity index is 929. The number of ether oxygens (including phenoxy) is 2. The van der Waals surface area contributed by atoms with Crippen LogP contribution in [0.2, 0.25) is 0 Å². The second kappa shape index (κ2) is 10.6. The van der Waals surface area contributed by atoms with Gasteiger partial charge in [-0.05, 0) is 53.8 Å². The van der Waals surface area contributed by atoms with E-state index in [4.69, 9.17) is 9.47 Å². The van der Waals surface area contributed by atoms with E-state index < -0.39 is 0 Å². The molecule has 0 bridgehead atoms. The first-order valence-corrected chi connectivity index (χ1v) is 10.2. The van der Waals surface area contributed by atoms with Gasteiger partial charge in [-0.15, -0.1) is 0 Å². The fourth-order valence-corrected chi connectivity index (χ4v) is 2.61. The van der Waals surface area contributed by atoms with Crippen molar-refractivity contribution < 1.29 is 19.1 Å². The molecule has 0 aromatic heterocycles. The first kappa shape index (κ1) is 23.9. The maximum atomic E-state index is 12.3. The minimum absolute atomic E-state index is 0.0288. The molecule has 0 saturated carbocycles. The lowest BCUT2D eigenvalue weighted by molar-refractivity contribution is -0.130. The van der Waals surface area contributed by atoms with Gasteiger partial charge >= 0.3 is 0 Å².